The molecule has 1 aliphatic heterocycles. The van der Waals surface area contributed by atoms with Gasteiger partial charge in [0.05, 0.1) is 0 Å². The molecular weight excluding hydrogens is 313 g/mol. The van der Waals surface area contributed by atoms with Crippen LogP contribution in [0.3, 0.4) is 0 Å². The number of carbonyl (C=O) groups excluding carboxylic acids is 1. The van der Waals surface area contributed by atoms with E-state index in [1.807, 2.05) is 6.07 Å². The zero-order valence-electron chi connectivity index (χ0n) is 11.2. The fraction of sp³-hybridized carbons (Fsp3) is 0.385. The Bertz CT molecular complexity index is 666. The molecule has 0 saturated carbocycles. The molecule has 1 saturated heterocycles. The van der Waals surface area contributed by atoms with E-state index in [0.717, 1.165) is 36.3 Å². The Hall–Kier alpha value is -1.66. The number of carbonyl (C=O) groups is 1. The molecule has 1 amide bonds. The number of hydrogen-bond donors (Lipinski definition) is 0. The first-order chi connectivity index (χ1) is 10.1. The van der Waals surface area contributed by atoms with Gasteiger partial charge in [-0.1, -0.05) is 34.1 Å². The van der Waals surface area contributed by atoms with Gasteiger partial charge in [0.15, 0.2) is 5.82 Å². The zero-order chi connectivity index (χ0) is 14.8. The number of aromatic nitrogens is 4. The summed E-state index contributed by atoms with van der Waals surface area (Å²) in [5.41, 5.74) is 0.842. The number of halogens is 2. The van der Waals surface area contributed by atoms with Crippen LogP contribution in [0.4, 0.5) is 4.79 Å². The van der Waals surface area contributed by atoms with E-state index < -0.39 is 0 Å². The van der Waals surface area contributed by atoms with E-state index in [4.69, 9.17) is 23.2 Å². The third kappa shape index (κ3) is 3.16. The van der Waals surface area contributed by atoms with Crippen LogP contribution in [0.25, 0.3) is 0 Å². The second kappa shape index (κ2) is 5.99. The molecule has 0 atom stereocenters. The standard InChI is InChI=1S/C13H13Cl2N5O/c14-10-4-3-9(11(15)8-10)7-12-16-18-20(17-12)13(21)19-5-1-2-6-19/h3-4,8H,1-2,5-7H2. The van der Waals surface area contributed by atoms with E-state index in [0.29, 0.717) is 22.3 Å². The van der Waals surface area contributed by atoms with Crippen molar-refractivity contribution >= 4 is 29.2 Å². The summed E-state index contributed by atoms with van der Waals surface area (Å²) in [6, 6.07) is 5.00. The maximum absolute atomic E-state index is 12.1. The minimum atomic E-state index is -0.228. The highest BCUT2D eigenvalue weighted by Gasteiger charge is 2.22. The van der Waals surface area contributed by atoms with Crippen LogP contribution in [0.15, 0.2) is 18.2 Å². The Labute approximate surface area is 131 Å². The number of amides is 1. The van der Waals surface area contributed by atoms with Crippen molar-refractivity contribution in [2.24, 2.45) is 0 Å². The van der Waals surface area contributed by atoms with E-state index in [2.05, 4.69) is 15.4 Å². The van der Waals surface area contributed by atoms with Crippen LogP contribution in [0.2, 0.25) is 10.0 Å². The average molecular weight is 326 g/mol. The summed E-state index contributed by atoms with van der Waals surface area (Å²) in [5, 5.41) is 13.0. The predicted octanol–water partition coefficient (Wildman–Crippen LogP) is 2.63. The Morgan fingerprint density at radius 3 is 2.71 bits per heavy atom. The van der Waals surface area contributed by atoms with Crippen LogP contribution in [-0.2, 0) is 6.42 Å². The number of likely N-dealkylation sites (tertiary alicyclic amines) is 1. The van der Waals surface area contributed by atoms with Crippen molar-refractivity contribution in [2.75, 3.05) is 13.1 Å². The van der Waals surface area contributed by atoms with E-state index in [-0.39, 0.29) is 6.03 Å². The lowest BCUT2D eigenvalue weighted by Crippen LogP contribution is -2.33. The minimum absolute atomic E-state index is 0.228. The van der Waals surface area contributed by atoms with Crippen LogP contribution >= 0.6 is 23.2 Å². The third-order valence-electron chi connectivity index (χ3n) is 3.37. The van der Waals surface area contributed by atoms with Gasteiger partial charge in [0.1, 0.15) is 0 Å². The van der Waals surface area contributed by atoms with E-state index in [9.17, 15) is 4.79 Å². The molecule has 1 fully saturated rings. The molecule has 8 heteroatoms. The lowest BCUT2D eigenvalue weighted by molar-refractivity contribution is 0.202. The highest BCUT2D eigenvalue weighted by Crippen LogP contribution is 2.22. The summed E-state index contributed by atoms with van der Waals surface area (Å²) in [5.74, 6) is 0.451. The van der Waals surface area contributed by atoms with Gasteiger partial charge in [-0.3, -0.25) is 0 Å². The lowest BCUT2D eigenvalue weighted by Gasteiger charge is -2.12. The van der Waals surface area contributed by atoms with Gasteiger partial charge in [-0.25, -0.2) is 4.79 Å². The summed E-state index contributed by atoms with van der Waals surface area (Å²) >= 11 is 12.0. The van der Waals surface area contributed by atoms with Crippen molar-refractivity contribution in [3.8, 4) is 0 Å². The monoisotopic (exact) mass is 325 g/mol. The second-order valence-corrected chi connectivity index (χ2v) is 5.73. The average Bonchev–Trinajstić information content (AvgIpc) is 3.12. The molecule has 1 aliphatic rings. The Balaban J connectivity index is 1.74. The number of rotatable bonds is 2. The molecule has 21 heavy (non-hydrogen) atoms. The molecular formula is C13H13Cl2N5O. The molecule has 110 valence electrons. The van der Waals surface area contributed by atoms with Gasteiger partial charge in [0.2, 0.25) is 0 Å². The molecule has 0 unspecified atom stereocenters. The number of tetrazole rings is 1. The maximum Gasteiger partial charge on any atom is 0.363 e. The molecule has 0 bridgehead atoms. The second-order valence-electron chi connectivity index (χ2n) is 4.88. The van der Waals surface area contributed by atoms with Crippen LogP contribution in [0, 0.1) is 0 Å². The normalized spacial score (nSPS) is 14.7. The lowest BCUT2D eigenvalue weighted by atomic mass is 10.1. The molecule has 2 heterocycles. The van der Waals surface area contributed by atoms with Crippen LogP contribution < -0.4 is 0 Å². The van der Waals surface area contributed by atoms with Gasteiger partial charge in [0.25, 0.3) is 0 Å². The zero-order valence-corrected chi connectivity index (χ0v) is 12.7. The first kappa shape index (κ1) is 14.3. The first-order valence-electron chi connectivity index (χ1n) is 6.65. The maximum atomic E-state index is 12.1. The minimum Gasteiger partial charge on any atom is -0.322 e. The molecule has 0 aliphatic carbocycles. The van der Waals surface area contributed by atoms with Crippen molar-refractivity contribution in [2.45, 2.75) is 19.3 Å². The Kier molecular flexibility index (Phi) is 4.07. The summed E-state index contributed by atoms with van der Waals surface area (Å²) in [4.78, 5) is 14.9. The SMILES string of the molecule is O=C(N1CCCC1)n1nnc(Cc2ccc(Cl)cc2Cl)n1. The van der Waals surface area contributed by atoms with Crippen molar-refractivity contribution in [3.05, 3.63) is 39.6 Å². The molecule has 0 N–H and O–H groups in total. The van der Waals surface area contributed by atoms with Crippen molar-refractivity contribution in [1.82, 2.24) is 25.1 Å². The molecule has 1 aromatic heterocycles. The molecule has 1 aromatic carbocycles. The molecule has 6 nitrogen and oxygen atoms in total. The van der Waals surface area contributed by atoms with Gasteiger partial charge in [-0.2, -0.15) is 0 Å². The van der Waals surface area contributed by atoms with E-state index in [1.165, 1.54) is 0 Å². The largest absolute Gasteiger partial charge is 0.363 e. The highest BCUT2D eigenvalue weighted by molar-refractivity contribution is 6.35. The molecule has 0 radical (unpaired) electrons. The molecule has 3 rings (SSSR count). The summed E-state index contributed by atoms with van der Waals surface area (Å²) in [6.45, 7) is 1.50. The van der Waals surface area contributed by atoms with Crippen molar-refractivity contribution < 1.29 is 4.79 Å². The highest BCUT2D eigenvalue weighted by atomic mass is 35.5. The number of nitrogens with zero attached hydrogens (tertiary/aromatic N) is 5. The van der Waals surface area contributed by atoms with E-state index >= 15 is 0 Å². The Morgan fingerprint density at radius 2 is 2.00 bits per heavy atom. The predicted molar refractivity (Wildman–Crippen MR) is 78.7 cm³/mol. The first-order valence-corrected chi connectivity index (χ1v) is 7.41. The topological polar surface area (TPSA) is 63.9 Å². The van der Waals surface area contributed by atoms with Crippen LogP contribution in [0.5, 0.6) is 0 Å². The van der Waals surface area contributed by atoms with Gasteiger partial charge >= 0.3 is 6.03 Å². The number of hydrogen-bond acceptors (Lipinski definition) is 4. The van der Waals surface area contributed by atoms with Gasteiger partial charge in [-0.05, 0) is 35.8 Å². The fourth-order valence-electron chi connectivity index (χ4n) is 2.27. The smallest absolute Gasteiger partial charge is 0.322 e. The fourth-order valence-corrected chi connectivity index (χ4v) is 2.74. The van der Waals surface area contributed by atoms with Crippen LogP contribution in [-0.4, -0.2) is 44.2 Å². The van der Waals surface area contributed by atoms with Gasteiger partial charge in [0, 0.05) is 29.6 Å². The number of benzene rings is 1. The third-order valence-corrected chi connectivity index (χ3v) is 3.95. The summed E-state index contributed by atoms with van der Waals surface area (Å²) in [6.07, 6.45) is 2.45. The van der Waals surface area contributed by atoms with Gasteiger partial charge in [-0.15, -0.1) is 10.2 Å². The molecule has 0 spiro atoms. The summed E-state index contributed by atoms with van der Waals surface area (Å²) in [7, 11) is 0. The quantitative estimate of drug-likeness (QED) is 0.851. The van der Waals surface area contributed by atoms with E-state index in [1.54, 1.807) is 17.0 Å². The van der Waals surface area contributed by atoms with Crippen LogP contribution in [0.1, 0.15) is 24.2 Å². The summed E-state index contributed by atoms with van der Waals surface area (Å²) < 4.78 is 0. The van der Waals surface area contributed by atoms with Crippen molar-refractivity contribution in [1.29, 1.82) is 0 Å². The van der Waals surface area contributed by atoms with Crippen molar-refractivity contribution in [3.63, 3.8) is 0 Å². The Morgan fingerprint density at radius 1 is 1.24 bits per heavy atom. The molecule has 2 aromatic rings. The van der Waals surface area contributed by atoms with Gasteiger partial charge < -0.3 is 4.90 Å².